The number of hydrogen-bond donors (Lipinski definition) is 1. The van der Waals surface area contributed by atoms with Gasteiger partial charge < -0.3 is 14.5 Å². The van der Waals surface area contributed by atoms with Crippen LogP contribution in [0.25, 0.3) is 0 Å². The highest BCUT2D eigenvalue weighted by Crippen LogP contribution is 2.32. The van der Waals surface area contributed by atoms with Gasteiger partial charge in [-0.25, -0.2) is 4.98 Å². The van der Waals surface area contributed by atoms with Crippen molar-refractivity contribution in [3.05, 3.63) is 17.8 Å². The van der Waals surface area contributed by atoms with E-state index < -0.39 is 0 Å². The van der Waals surface area contributed by atoms with Gasteiger partial charge in [0, 0.05) is 31.5 Å². The van der Waals surface area contributed by atoms with Crippen LogP contribution in [0.15, 0.2) is 10.6 Å². The quantitative estimate of drug-likeness (QED) is 0.834. The second kappa shape index (κ2) is 6.72. The van der Waals surface area contributed by atoms with E-state index in [0.717, 1.165) is 50.5 Å². The zero-order valence-electron chi connectivity index (χ0n) is 13.2. The minimum absolute atomic E-state index is 0.148. The van der Waals surface area contributed by atoms with Crippen LogP contribution in [0.1, 0.15) is 52.2 Å². The highest BCUT2D eigenvalue weighted by molar-refractivity contribution is 4.99. The van der Waals surface area contributed by atoms with Gasteiger partial charge in [0.15, 0.2) is 5.89 Å². The van der Waals surface area contributed by atoms with E-state index in [4.69, 9.17) is 9.15 Å². The zero-order valence-corrected chi connectivity index (χ0v) is 13.2. The van der Waals surface area contributed by atoms with Gasteiger partial charge >= 0.3 is 0 Å². The minimum Gasteiger partial charge on any atom is -0.446 e. The van der Waals surface area contributed by atoms with Gasteiger partial charge in [0.2, 0.25) is 0 Å². The molecule has 0 saturated heterocycles. The number of nitrogens with zero attached hydrogens (tertiary/aromatic N) is 1. The molecule has 2 rings (SSSR count). The number of aromatic nitrogens is 1. The van der Waals surface area contributed by atoms with E-state index in [1.54, 1.807) is 0 Å². The van der Waals surface area contributed by atoms with Crippen LogP contribution < -0.4 is 5.32 Å². The van der Waals surface area contributed by atoms with Crippen LogP contribution in [0, 0.1) is 5.92 Å². The van der Waals surface area contributed by atoms with Crippen LogP contribution >= 0.6 is 0 Å². The van der Waals surface area contributed by atoms with Crippen molar-refractivity contribution in [1.82, 2.24) is 10.3 Å². The van der Waals surface area contributed by atoms with Gasteiger partial charge in [-0.3, -0.25) is 0 Å². The summed E-state index contributed by atoms with van der Waals surface area (Å²) in [5, 5.41) is 3.45. The maximum absolute atomic E-state index is 5.81. The van der Waals surface area contributed by atoms with Gasteiger partial charge in [0.1, 0.15) is 5.76 Å². The number of oxazole rings is 1. The summed E-state index contributed by atoms with van der Waals surface area (Å²) >= 11 is 0. The Morgan fingerprint density at radius 1 is 1.40 bits per heavy atom. The molecule has 0 bridgehead atoms. The molecule has 0 aromatic carbocycles. The maximum atomic E-state index is 5.81. The average molecular weight is 280 g/mol. The summed E-state index contributed by atoms with van der Waals surface area (Å²) in [7, 11) is 0. The molecule has 114 valence electrons. The summed E-state index contributed by atoms with van der Waals surface area (Å²) in [4.78, 5) is 4.36. The largest absolute Gasteiger partial charge is 0.446 e. The Morgan fingerprint density at radius 3 is 2.80 bits per heavy atom. The van der Waals surface area contributed by atoms with E-state index >= 15 is 0 Å². The number of nitrogens with one attached hydrogen (secondary N) is 1. The molecule has 1 fully saturated rings. The van der Waals surface area contributed by atoms with E-state index in [1.807, 2.05) is 6.20 Å². The van der Waals surface area contributed by atoms with Crippen LogP contribution in [-0.2, 0) is 17.6 Å². The van der Waals surface area contributed by atoms with Crippen LogP contribution in [0.3, 0.4) is 0 Å². The van der Waals surface area contributed by atoms with Crippen LogP contribution in [0.4, 0.5) is 0 Å². The van der Waals surface area contributed by atoms with Gasteiger partial charge in [0.25, 0.3) is 0 Å². The smallest absolute Gasteiger partial charge is 0.195 e. The first kappa shape index (κ1) is 15.5. The molecule has 0 radical (unpaired) electrons. The standard InChI is InChI=1S/C16H28N2O2/c1-5-19-13-8-12(9-13)10-14-11-17-15(20-14)6-7-18-16(2,3)4/h11-13,18H,5-10H2,1-4H3. The molecule has 1 aliphatic rings. The lowest BCUT2D eigenvalue weighted by Crippen LogP contribution is -2.37. The second-order valence-corrected chi connectivity index (χ2v) is 6.77. The van der Waals surface area contributed by atoms with E-state index in [0.29, 0.717) is 12.0 Å². The second-order valence-electron chi connectivity index (χ2n) is 6.77. The van der Waals surface area contributed by atoms with Gasteiger partial charge in [-0.1, -0.05) is 0 Å². The molecular formula is C16H28N2O2. The summed E-state index contributed by atoms with van der Waals surface area (Å²) in [5.41, 5.74) is 0.148. The topological polar surface area (TPSA) is 47.3 Å². The van der Waals surface area contributed by atoms with Crippen molar-refractivity contribution in [1.29, 1.82) is 0 Å². The molecule has 0 amide bonds. The predicted molar refractivity (Wildman–Crippen MR) is 79.8 cm³/mol. The highest BCUT2D eigenvalue weighted by Gasteiger charge is 2.30. The molecule has 0 unspecified atom stereocenters. The Balaban J connectivity index is 1.68. The molecule has 0 atom stereocenters. The molecule has 1 aromatic heterocycles. The van der Waals surface area contributed by atoms with Gasteiger partial charge in [-0.15, -0.1) is 0 Å². The molecule has 20 heavy (non-hydrogen) atoms. The van der Waals surface area contributed by atoms with Crippen LogP contribution in [0.2, 0.25) is 0 Å². The first-order valence-electron chi connectivity index (χ1n) is 7.76. The van der Waals surface area contributed by atoms with E-state index in [-0.39, 0.29) is 5.54 Å². The van der Waals surface area contributed by atoms with Crippen molar-refractivity contribution in [2.45, 2.75) is 65.0 Å². The third-order valence-electron chi connectivity index (χ3n) is 3.68. The van der Waals surface area contributed by atoms with E-state index in [1.165, 1.54) is 0 Å². The van der Waals surface area contributed by atoms with Crippen molar-refractivity contribution in [3.8, 4) is 0 Å². The lowest BCUT2D eigenvalue weighted by atomic mass is 9.79. The van der Waals surface area contributed by atoms with Crippen LogP contribution in [0.5, 0.6) is 0 Å². The molecule has 1 heterocycles. The Bertz CT molecular complexity index is 403. The normalized spacial score (nSPS) is 22.8. The van der Waals surface area contributed by atoms with Crippen LogP contribution in [-0.4, -0.2) is 29.8 Å². The fourth-order valence-corrected chi connectivity index (χ4v) is 2.60. The maximum Gasteiger partial charge on any atom is 0.195 e. The molecule has 1 aliphatic carbocycles. The number of rotatable bonds is 7. The number of hydrogen-bond acceptors (Lipinski definition) is 4. The van der Waals surface area contributed by atoms with Crippen molar-refractivity contribution < 1.29 is 9.15 Å². The number of ether oxygens (including phenoxy) is 1. The van der Waals surface area contributed by atoms with Gasteiger partial charge in [-0.2, -0.15) is 0 Å². The molecular weight excluding hydrogens is 252 g/mol. The lowest BCUT2D eigenvalue weighted by molar-refractivity contribution is -0.0252. The minimum atomic E-state index is 0.148. The Morgan fingerprint density at radius 2 is 2.15 bits per heavy atom. The fraction of sp³-hybridized carbons (Fsp3) is 0.812. The van der Waals surface area contributed by atoms with Crippen molar-refractivity contribution >= 4 is 0 Å². The molecule has 0 spiro atoms. The summed E-state index contributed by atoms with van der Waals surface area (Å²) < 4.78 is 11.4. The highest BCUT2D eigenvalue weighted by atomic mass is 16.5. The SMILES string of the molecule is CCOC1CC(Cc2cnc(CCNC(C)(C)C)o2)C1. The Hall–Kier alpha value is -0.870. The molecule has 1 aromatic rings. The predicted octanol–water partition coefficient (Wildman–Crippen LogP) is 2.96. The van der Waals surface area contributed by atoms with E-state index in [2.05, 4.69) is 38.0 Å². The van der Waals surface area contributed by atoms with E-state index in [9.17, 15) is 0 Å². The lowest BCUT2D eigenvalue weighted by Gasteiger charge is -2.34. The zero-order chi connectivity index (χ0) is 14.6. The Kier molecular flexibility index (Phi) is 5.22. The average Bonchev–Trinajstić information content (AvgIpc) is 2.72. The Labute approximate surface area is 122 Å². The third-order valence-corrected chi connectivity index (χ3v) is 3.68. The van der Waals surface area contributed by atoms with Crippen molar-refractivity contribution in [2.24, 2.45) is 5.92 Å². The molecule has 1 saturated carbocycles. The summed E-state index contributed by atoms with van der Waals surface area (Å²) in [6.45, 7) is 10.3. The van der Waals surface area contributed by atoms with Crippen molar-refractivity contribution in [2.75, 3.05) is 13.2 Å². The first-order valence-corrected chi connectivity index (χ1v) is 7.76. The monoisotopic (exact) mass is 280 g/mol. The fourth-order valence-electron chi connectivity index (χ4n) is 2.60. The summed E-state index contributed by atoms with van der Waals surface area (Å²) in [6.07, 6.45) is 6.54. The van der Waals surface area contributed by atoms with Gasteiger partial charge in [0.05, 0.1) is 12.3 Å². The molecule has 0 aliphatic heterocycles. The summed E-state index contributed by atoms with van der Waals surface area (Å²) in [5.74, 6) is 2.58. The third kappa shape index (κ3) is 4.91. The molecule has 4 nitrogen and oxygen atoms in total. The van der Waals surface area contributed by atoms with Gasteiger partial charge in [-0.05, 0) is 46.5 Å². The first-order chi connectivity index (χ1) is 9.46. The molecule has 1 N–H and O–H groups in total. The van der Waals surface area contributed by atoms with Crippen molar-refractivity contribution in [3.63, 3.8) is 0 Å². The molecule has 4 heteroatoms. The summed E-state index contributed by atoms with van der Waals surface area (Å²) in [6, 6.07) is 0.